The lowest BCUT2D eigenvalue weighted by Crippen LogP contribution is -2.54. The van der Waals surface area contributed by atoms with E-state index in [1.807, 2.05) is 39.0 Å². The number of carbonyl (C=O) groups is 3. The first-order valence-electron chi connectivity index (χ1n) is 11.2. The molecule has 1 aliphatic heterocycles. The van der Waals surface area contributed by atoms with E-state index in [0.717, 1.165) is 29.7 Å². The van der Waals surface area contributed by atoms with Gasteiger partial charge in [-0.2, -0.15) is 0 Å². The van der Waals surface area contributed by atoms with E-state index >= 15 is 0 Å². The molecule has 2 atom stereocenters. The minimum Gasteiger partial charge on any atom is -0.490 e. The van der Waals surface area contributed by atoms with Gasteiger partial charge in [-0.15, -0.1) is 0 Å². The van der Waals surface area contributed by atoms with E-state index in [-0.39, 0.29) is 24.3 Å². The van der Waals surface area contributed by atoms with Crippen molar-refractivity contribution in [2.24, 2.45) is 5.92 Å². The first-order chi connectivity index (χ1) is 14.9. The van der Waals surface area contributed by atoms with Gasteiger partial charge in [0.1, 0.15) is 12.1 Å². The van der Waals surface area contributed by atoms with Crippen LogP contribution in [-0.2, 0) is 16.0 Å². The summed E-state index contributed by atoms with van der Waals surface area (Å²) in [5.74, 6) is 0.832. The van der Waals surface area contributed by atoms with Gasteiger partial charge in [-0.05, 0) is 56.7 Å². The molecule has 1 aliphatic carbocycles. The Morgan fingerprint density at radius 3 is 2.65 bits per heavy atom. The van der Waals surface area contributed by atoms with Crippen molar-refractivity contribution in [3.63, 3.8) is 0 Å². The standard InChI is InChI=1S/C23H33N3O5/c1-4-30-18-10-9-17(14-19(18)31-5-2)11-13-24-20(27)15-26-21(28)23(25-22(26)29)12-7-6-8-16(23)3/h9-10,14,16H,4-8,11-13,15H2,1-3H3,(H,24,27)(H,25,29)/t16-,23-/m0/s1. The largest absolute Gasteiger partial charge is 0.490 e. The first kappa shape index (κ1) is 22.9. The normalized spacial score (nSPS) is 23.1. The summed E-state index contributed by atoms with van der Waals surface area (Å²) in [6, 6.07) is 5.24. The fraction of sp³-hybridized carbons (Fsp3) is 0.609. The summed E-state index contributed by atoms with van der Waals surface area (Å²) in [6.45, 7) is 7.05. The Morgan fingerprint density at radius 2 is 1.94 bits per heavy atom. The predicted octanol–water partition coefficient (Wildman–Crippen LogP) is 2.64. The highest BCUT2D eigenvalue weighted by molar-refractivity contribution is 6.09. The van der Waals surface area contributed by atoms with Crippen LogP contribution in [0.2, 0.25) is 0 Å². The topological polar surface area (TPSA) is 97.0 Å². The van der Waals surface area contributed by atoms with Gasteiger partial charge in [-0.1, -0.05) is 25.8 Å². The molecule has 0 aromatic heterocycles. The number of nitrogens with one attached hydrogen (secondary N) is 2. The monoisotopic (exact) mass is 431 g/mol. The highest BCUT2D eigenvalue weighted by Crippen LogP contribution is 2.38. The molecule has 2 fully saturated rings. The van der Waals surface area contributed by atoms with Crippen LogP contribution in [0.4, 0.5) is 4.79 Å². The van der Waals surface area contributed by atoms with Crippen molar-refractivity contribution < 1.29 is 23.9 Å². The summed E-state index contributed by atoms with van der Waals surface area (Å²) in [5.41, 5.74) is 0.158. The second-order valence-corrected chi connectivity index (χ2v) is 8.19. The molecule has 0 radical (unpaired) electrons. The molecular weight excluding hydrogens is 398 g/mol. The maximum absolute atomic E-state index is 13.0. The van der Waals surface area contributed by atoms with Crippen LogP contribution in [0.25, 0.3) is 0 Å². The molecule has 8 heteroatoms. The Balaban J connectivity index is 1.53. The molecule has 2 N–H and O–H groups in total. The SMILES string of the molecule is CCOc1ccc(CCNC(=O)CN2C(=O)N[C@]3(CCCC[C@@H]3C)C2=O)cc1OCC. The zero-order chi connectivity index (χ0) is 22.4. The number of ether oxygens (including phenoxy) is 2. The lowest BCUT2D eigenvalue weighted by Gasteiger charge is -2.36. The molecule has 1 aromatic carbocycles. The smallest absolute Gasteiger partial charge is 0.325 e. The van der Waals surface area contributed by atoms with Crippen molar-refractivity contribution in [1.82, 2.24) is 15.5 Å². The molecule has 0 bridgehead atoms. The van der Waals surface area contributed by atoms with Gasteiger partial charge in [0.2, 0.25) is 5.91 Å². The van der Waals surface area contributed by atoms with Crippen LogP contribution in [-0.4, -0.2) is 54.6 Å². The van der Waals surface area contributed by atoms with Gasteiger partial charge < -0.3 is 20.1 Å². The molecule has 1 aromatic rings. The number of rotatable bonds is 9. The number of hydrogen-bond acceptors (Lipinski definition) is 5. The molecule has 3 rings (SSSR count). The first-order valence-corrected chi connectivity index (χ1v) is 11.2. The second-order valence-electron chi connectivity index (χ2n) is 8.19. The third-order valence-electron chi connectivity index (χ3n) is 6.15. The second kappa shape index (κ2) is 10.0. The van der Waals surface area contributed by atoms with Crippen molar-refractivity contribution in [2.75, 3.05) is 26.3 Å². The fourth-order valence-corrected chi connectivity index (χ4v) is 4.44. The van der Waals surface area contributed by atoms with Crippen molar-refractivity contribution in [1.29, 1.82) is 0 Å². The summed E-state index contributed by atoms with van der Waals surface area (Å²) in [5, 5.41) is 5.68. The van der Waals surface area contributed by atoms with Crippen LogP contribution in [0, 0.1) is 5.92 Å². The van der Waals surface area contributed by atoms with Crippen LogP contribution in [0.1, 0.15) is 52.0 Å². The number of hydrogen-bond donors (Lipinski definition) is 2. The average Bonchev–Trinajstić information content (AvgIpc) is 2.97. The van der Waals surface area contributed by atoms with Crippen LogP contribution < -0.4 is 20.1 Å². The molecule has 1 spiro atoms. The predicted molar refractivity (Wildman–Crippen MR) is 116 cm³/mol. The Bertz CT molecular complexity index is 827. The van der Waals surface area contributed by atoms with E-state index in [2.05, 4.69) is 10.6 Å². The number of imide groups is 1. The van der Waals surface area contributed by atoms with E-state index in [4.69, 9.17) is 9.47 Å². The molecule has 1 heterocycles. The van der Waals surface area contributed by atoms with E-state index in [0.29, 0.717) is 44.1 Å². The van der Waals surface area contributed by atoms with Crippen LogP contribution in [0.15, 0.2) is 18.2 Å². The van der Waals surface area contributed by atoms with Crippen molar-refractivity contribution in [3.05, 3.63) is 23.8 Å². The molecule has 1 saturated carbocycles. The Labute approximate surface area is 183 Å². The lowest BCUT2D eigenvalue weighted by molar-refractivity contribution is -0.137. The van der Waals surface area contributed by atoms with E-state index in [9.17, 15) is 14.4 Å². The molecule has 170 valence electrons. The van der Waals surface area contributed by atoms with Gasteiger partial charge >= 0.3 is 6.03 Å². The van der Waals surface area contributed by atoms with Crippen LogP contribution >= 0.6 is 0 Å². The Morgan fingerprint density at radius 1 is 1.19 bits per heavy atom. The average molecular weight is 432 g/mol. The summed E-state index contributed by atoms with van der Waals surface area (Å²) >= 11 is 0. The summed E-state index contributed by atoms with van der Waals surface area (Å²) in [6.07, 6.45) is 4.10. The quantitative estimate of drug-likeness (QED) is 0.586. The third kappa shape index (κ3) is 4.94. The molecular formula is C23H33N3O5. The van der Waals surface area contributed by atoms with E-state index in [1.54, 1.807) is 0 Å². The minimum atomic E-state index is -0.840. The highest BCUT2D eigenvalue weighted by Gasteiger charge is 2.55. The lowest BCUT2D eigenvalue weighted by atomic mass is 9.73. The number of amides is 4. The molecule has 31 heavy (non-hydrogen) atoms. The number of urea groups is 1. The zero-order valence-corrected chi connectivity index (χ0v) is 18.7. The van der Waals surface area contributed by atoms with Crippen LogP contribution in [0.3, 0.4) is 0 Å². The van der Waals surface area contributed by atoms with Gasteiger partial charge in [-0.25, -0.2) is 4.79 Å². The molecule has 2 aliphatic rings. The molecule has 0 unspecified atom stereocenters. The molecule has 1 saturated heterocycles. The maximum atomic E-state index is 13.0. The van der Waals surface area contributed by atoms with Crippen molar-refractivity contribution >= 4 is 17.8 Å². The van der Waals surface area contributed by atoms with Gasteiger partial charge in [0.15, 0.2) is 11.5 Å². The van der Waals surface area contributed by atoms with Gasteiger partial charge in [0.25, 0.3) is 5.91 Å². The van der Waals surface area contributed by atoms with Gasteiger partial charge in [-0.3, -0.25) is 14.5 Å². The molecule has 4 amide bonds. The summed E-state index contributed by atoms with van der Waals surface area (Å²) in [4.78, 5) is 38.8. The van der Waals surface area contributed by atoms with Crippen molar-refractivity contribution in [2.45, 2.75) is 58.4 Å². The number of benzene rings is 1. The van der Waals surface area contributed by atoms with Crippen molar-refractivity contribution in [3.8, 4) is 11.5 Å². The molecule has 8 nitrogen and oxygen atoms in total. The third-order valence-corrected chi connectivity index (χ3v) is 6.15. The highest BCUT2D eigenvalue weighted by atomic mass is 16.5. The fourth-order valence-electron chi connectivity index (χ4n) is 4.44. The maximum Gasteiger partial charge on any atom is 0.325 e. The van der Waals surface area contributed by atoms with Gasteiger partial charge in [0, 0.05) is 6.54 Å². The Kier molecular flexibility index (Phi) is 7.41. The summed E-state index contributed by atoms with van der Waals surface area (Å²) < 4.78 is 11.2. The number of nitrogens with zero attached hydrogens (tertiary/aromatic N) is 1. The minimum absolute atomic E-state index is 0.0740. The number of carbonyl (C=O) groups excluding carboxylic acids is 3. The zero-order valence-electron chi connectivity index (χ0n) is 18.7. The van der Waals surface area contributed by atoms with Crippen LogP contribution in [0.5, 0.6) is 11.5 Å². The Hall–Kier alpha value is -2.77. The van der Waals surface area contributed by atoms with Gasteiger partial charge in [0.05, 0.1) is 13.2 Å². The van der Waals surface area contributed by atoms with E-state index < -0.39 is 11.6 Å². The summed E-state index contributed by atoms with van der Waals surface area (Å²) in [7, 11) is 0. The van der Waals surface area contributed by atoms with E-state index in [1.165, 1.54) is 0 Å².